The van der Waals surface area contributed by atoms with E-state index in [0.29, 0.717) is 34.0 Å². The Morgan fingerprint density at radius 3 is 2.76 bits per heavy atom. The van der Waals surface area contributed by atoms with E-state index in [1.54, 1.807) is 16.7 Å². The van der Waals surface area contributed by atoms with Crippen molar-refractivity contribution in [1.29, 1.82) is 0 Å². The van der Waals surface area contributed by atoms with Crippen molar-refractivity contribution in [3.63, 3.8) is 0 Å². The van der Waals surface area contributed by atoms with Crippen LogP contribution in [0.4, 0.5) is 0 Å². The van der Waals surface area contributed by atoms with Crippen LogP contribution in [0.3, 0.4) is 0 Å². The maximum absolute atomic E-state index is 13.5. The van der Waals surface area contributed by atoms with Gasteiger partial charge in [0.15, 0.2) is 10.9 Å². The zero-order chi connectivity index (χ0) is 23.2. The molecule has 8 heteroatoms. The molecule has 0 amide bonds. The third-order valence-electron chi connectivity index (χ3n) is 6.09. The molecule has 168 valence electrons. The molecule has 6 rings (SSSR count). The van der Waals surface area contributed by atoms with Crippen LogP contribution in [-0.4, -0.2) is 37.3 Å². The monoisotopic (exact) mass is 468 g/mol. The smallest absolute Gasteiger partial charge is 0.267 e. The van der Waals surface area contributed by atoms with E-state index in [9.17, 15) is 9.59 Å². The Morgan fingerprint density at radius 1 is 1.06 bits per heavy atom. The predicted molar refractivity (Wildman–Crippen MR) is 132 cm³/mol. The number of hydrogen-bond acceptors (Lipinski definition) is 6. The Kier molecular flexibility index (Phi) is 4.95. The number of aromatic nitrogens is 4. The van der Waals surface area contributed by atoms with Crippen molar-refractivity contribution in [1.82, 2.24) is 19.2 Å². The molecular formula is C26H20N4O3S. The molecule has 0 saturated heterocycles. The van der Waals surface area contributed by atoms with Crippen LogP contribution in [0.25, 0.3) is 22.4 Å². The van der Waals surface area contributed by atoms with Crippen molar-refractivity contribution in [2.24, 2.45) is 0 Å². The average molecular weight is 469 g/mol. The third kappa shape index (κ3) is 3.30. The zero-order valence-corrected chi connectivity index (χ0v) is 19.2. The van der Waals surface area contributed by atoms with Gasteiger partial charge in [-0.15, -0.1) is 10.2 Å². The van der Waals surface area contributed by atoms with E-state index in [2.05, 4.69) is 10.2 Å². The second kappa shape index (κ2) is 8.14. The van der Waals surface area contributed by atoms with Crippen LogP contribution >= 0.6 is 11.8 Å². The van der Waals surface area contributed by atoms with Gasteiger partial charge in [-0.3, -0.25) is 14.0 Å². The normalized spacial score (nSPS) is 12.7. The molecule has 0 spiro atoms. The number of benzene rings is 3. The molecule has 7 nitrogen and oxygen atoms in total. The van der Waals surface area contributed by atoms with Crippen molar-refractivity contribution in [3.8, 4) is 11.4 Å². The number of Topliss-reactive ketones (excluding diaryl/α,β-unsaturated/α-hetero) is 1. The SMILES string of the molecule is Cc1ccccc1-n1c(=O)c2ccccc2n2c(SCC(=O)c3ccc4c(c3)CCO4)nnc12. The minimum absolute atomic E-state index is 0.00739. The molecule has 0 fully saturated rings. The molecule has 3 aromatic carbocycles. The van der Waals surface area contributed by atoms with Crippen LogP contribution in [-0.2, 0) is 6.42 Å². The fraction of sp³-hybridized carbons (Fsp3) is 0.154. The first-order chi connectivity index (χ1) is 16.6. The zero-order valence-electron chi connectivity index (χ0n) is 18.4. The Morgan fingerprint density at radius 2 is 1.88 bits per heavy atom. The van der Waals surface area contributed by atoms with Crippen LogP contribution in [0.15, 0.2) is 76.7 Å². The lowest BCUT2D eigenvalue weighted by molar-refractivity contribution is 0.102. The minimum atomic E-state index is -0.155. The fourth-order valence-electron chi connectivity index (χ4n) is 4.38. The van der Waals surface area contributed by atoms with Crippen molar-refractivity contribution in [3.05, 3.63) is 93.8 Å². The van der Waals surface area contributed by atoms with Gasteiger partial charge in [0.2, 0.25) is 5.78 Å². The maximum Gasteiger partial charge on any atom is 0.267 e. The van der Waals surface area contributed by atoms with Crippen molar-refractivity contribution in [2.75, 3.05) is 12.4 Å². The van der Waals surface area contributed by atoms with Gasteiger partial charge in [0.25, 0.3) is 5.56 Å². The molecule has 1 aliphatic heterocycles. The number of rotatable bonds is 5. The summed E-state index contributed by atoms with van der Waals surface area (Å²) >= 11 is 1.31. The molecule has 0 saturated carbocycles. The molecule has 0 unspecified atom stereocenters. The Balaban J connectivity index is 1.44. The van der Waals surface area contributed by atoms with Gasteiger partial charge < -0.3 is 4.74 Å². The molecule has 0 atom stereocenters. The van der Waals surface area contributed by atoms with Gasteiger partial charge >= 0.3 is 0 Å². The summed E-state index contributed by atoms with van der Waals surface area (Å²) in [7, 11) is 0. The lowest BCUT2D eigenvalue weighted by atomic mass is 10.1. The van der Waals surface area contributed by atoms with Gasteiger partial charge in [0.05, 0.1) is 29.0 Å². The Labute approximate surface area is 199 Å². The van der Waals surface area contributed by atoms with Gasteiger partial charge in [0.1, 0.15) is 5.75 Å². The molecule has 0 N–H and O–H groups in total. The topological polar surface area (TPSA) is 78.5 Å². The number of aryl methyl sites for hydroxylation is 1. The molecule has 34 heavy (non-hydrogen) atoms. The van der Waals surface area contributed by atoms with Crippen LogP contribution in [0, 0.1) is 6.92 Å². The highest BCUT2D eigenvalue weighted by molar-refractivity contribution is 7.99. The number of nitrogens with zero attached hydrogens (tertiary/aromatic N) is 4. The number of thioether (sulfide) groups is 1. The summed E-state index contributed by atoms with van der Waals surface area (Å²) in [5, 5.41) is 9.86. The second-order valence-corrected chi connectivity index (χ2v) is 9.14. The van der Waals surface area contributed by atoms with Crippen LogP contribution in [0.1, 0.15) is 21.5 Å². The van der Waals surface area contributed by atoms with Crippen molar-refractivity contribution >= 4 is 34.2 Å². The highest BCUT2D eigenvalue weighted by atomic mass is 32.2. The van der Waals surface area contributed by atoms with Gasteiger partial charge in [-0.1, -0.05) is 42.1 Å². The van der Waals surface area contributed by atoms with E-state index in [1.165, 1.54) is 11.8 Å². The first-order valence-electron chi connectivity index (χ1n) is 11.0. The van der Waals surface area contributed by atoms with E-state index in [0.717, 1.165) is 29.0 Å². The molecule has 1 aliphatic rings. The summed E-state index contributed by atoms with van der Waals surface area (Å²) in [4.78, 5) is 26.4. The second-order valence-electron chi connectivity index (χ2n) is 8.19. The van der Waals surface area contributed by atoms with E-state index in [-0.39, 0.29) is 17.1 Å². The number of carbonyl (C=O) groups excluding carboxylic acids is 1. The summed E-state index contributed by atoms with van der Waals surface area (Å²) in [6.45, 7) is 2.61. The van der Waals surface area contributed by atoms with E-state index < -0.39 is 0 Å². The van der Waals surface area contributed by atoms with Crippen molar-refractivity contribution in [2.45, 2.75) is 18.5 Å². The van der Waals surface area contributed by atoms with E-state index >= 15 is 0 Å². The standard InChI is InChI=1S/C26H20N4O3S/c1-16-6-2-4-8-20(16)29-24(32)19-7-3-5-9-21(19)30-25(29)27-28-26(30)34-15-22(31)17-10-11-23-18(14-17)12-13-33-23/h2-11,14H,12-13,15H2,1H3. The molecule has 0 aliphatic carbocycles. The summed E-state index contributed by atoms with van der Waals surface area (Å²) in [5.74, 6) is 1.49. The number of para-hydroxylation sites is 2. The van der Waals surface area contributed by atoms with E-state index in [4.69, 9.17) is 4.74 Å². The lowest BCUT2D eigenvalue weighted by Gasteiger charge is -2.13. The first kappa shape index (κ1) is 20.7. The fourth-order valence-corrected chi connectivity index (χ4v) is 5.21. The molecule has 3 heterocycles. The lowest BCUT2D eigenvalue weighted by Crippen LogP contribution is -2.22. The summed E-state index contributed by atoms with van der Waals surface area (Å²) < 4.78 is 8.99. The highest BCUT2D eigenvalue weighted by Gasteiger charge is 2.20. The number of hydrogen-bond donors (Lipinski definition) is 0. The summed E-state index contributed by atoms with van der Waals surface area (Å²) in [5.41, 5.74) is 3.99. The maximum atomic E-state index is 13.5. The quantitative estimate of drug-likeness (QED) is 0.283. The van der Waals surface area contributed by atoms with Gasteiger partial charge in [-0.2, -0.15) is 0 Å². The van der Waals surface area contributed by atoms with Crippen LogP contribution in [0.5, 0.6) is 5.75 Å². The largest absolute Gasteiger partial charge is 0.493 e. The molecule has 5 aromatic rings. The van der Waals surface area contributed by atoms with E-state index in [1.807, 2.05) is 65.9 Å². The van der Waals surface area contributed by atoms with Gasteiger partial charge in [-0.25, -0.2) is 4.57 Å². The van der Waals surface area contributed by atoms with Crippen LogP contribution in [0.2, 0.25) is 0 Å². The molecular weight excluding hydrogens is 448 g/mol. The average Bonchev–Trinajstić information content (AvgIpc) is 3.50. The Bertz CT molecular complexity index is 1650. The highest BCUT2D eigenvalue weighted by Crippen LogP contribution is 2.28. The number of ketones is 1. The van der Waals surface area contributed by atoms with Gasteiger partial charge in [0, 0.05) is 12.0 Å². The molecule has 0 bridgehead atoms. The minimum Gasteiger partial charge on any atom is -0.493 e. The van der Waals surface area contributed by atoms with Crippen LogP contribution < -0.4 is 10.3 Å². The number of carbonyl (C=O) groups is 1. The third-order valence-corrected chi connectivity index (χ3v) is 7.02. The number of ether oxygens (including phenoxy) is 1. The first-order valence-corrected chi connectivity index (χ1v) is 12.0. The predicted octanol–water partition coefficient (Wildman–Crippen LogP) is 4.25. The summed E-state index contributed by atoms with van der Waals surface area (Å²) in [6, 6.07) is 20.7. The van der Waals surface area contributed by atoms with Crippen molar-refractivity contribution < 1.29 is 9.53 Å². The Hall–Kier alpha value is -3.91. The summed E-state index contributed by atoms with van der Waals surface area (Å²) in [6.07, 6.45) is 0.820. The molecule has 2 aromatic heterocycles. The molecule has 0 radical (unpaired) electrons. The van der Waals surface area contributed by atoms with Gasteiger partial charge in [-0.05, 0) is 54.4 Å². The number of fused-ring (bicyclic) bond motifs is 4.